The predicted molar refractivity (Wildman–Crippen MR) is 82.6 cm³/mol. The van der Waals surface area contributed by atoms with E-state index in [1.54, 1.807) is 5.69 Å². The average molecular weight is 272 g/mol. The van der Waals surface area contributed by atoms with Crippen LogP contribution in [0.4, 0.5) is 0 Å². The van der Waals surface area contributed by atoms with E-state index in [9.17, 15) is 0 Å². The molecule has 1 heterocycles. The Morgan fingerprint density at radius 2 is 1.70 bits per heavy atom. The Hall–Kier alpha value is -0.760. The van der Waals surface area contributed by atoms with Crippen LogP contribution < -0.4 is 5.73 Å². The highest BCUT2D eigenvalue weighted by atomic mass is 15.0. The highest BCUT2D eigenvalue weighted by Crippen LogP contribution is 2.61. The molecule has 0 aliphatic heterocycles. The summed E-state index contributed by atoms with van der Waals surface area (Å²) in [7, 11) is 0. The maximum atomic E-state index is 5.97. The van der Waals surface area contributed by atoms with Gasteiger partial charge in [0.05, 0.1) is 0 Å². The van der Waals surface area contributed by atoms with Gasteiger partial charge in [0, 0.05) is 29.9 Å². The topological polar surface area (TPSA) is 30.9 Å². The molecule has 0 spiro atoms. The lowest BCUT2D eigenvalue weighted by molar-refractivity contribution is -0.00880. The van der Waals surface area contributed by atoms with Gasteiger partial charge in [-0.3, -0.25) is 0 Å². The van der Waals surface area contributed by atoms with Gasteiger partial charge in [-0.05, 0) is 81.8 Å². The molecule has 0 atom stereocenters. The zero-order chi connectivity index (χ0) is 13.9. The summed E-state index contributed by atoms with van der Waals surface area (Å²) in [6.07, 6.45) is 8.92. The second-order valence-electron chi connectivity index (χ2n) is 7.79. The third kappa shape index (κ3) is 1.67. The van der Waals surface area contributed by atoms with E-state index in [4.69, 9.17) is 5.73 Å². The second kappa shape index (κ2) is 4.37. The summed E-state index contributed by atoms with van der Waals surface area (Å²) in [5, 5.41) is 0. The quantitative estimate of drug-likeness (QED) is 0.892. The lowest BCUT2D eigenvalue weighted by Gasteiger charge is -2.57. The smallest absolute Gasteiger partial charge is 0.0243 e. The molecule has 20 heavy (non-hydrogen) atoms. The molecule has 0 radical (unpaired) electrons. The third-order valence-electron chi connectivity index (χ3n) is 6.59. The van der Waals surface area contributed by atoms with Crippen molar-refractivity contribution in [3.8, 4) is 0 Å². The molecular weight excluding hydrogens is 244 g/mol. The molecule has 1 aromatic rings. The van der Waals surface area contributed by atoms with Crippen LogP contribution in [0.3, 0.4) is 0 Å². The Labute approximate surface area is 122 Å². The molecule has 0 saturated heterocycles. The monoisotopic (exact) mass is 272 g/mol. The third-order valence-corrected chi connectivity index (χ3v) is 6.59. The van der Waals surface area contributed by atoms with E-state index in [1.807, 2.05) is 0 Å². The van der Waals surface area contributed by atoms with Crippen molar-refractivity contribution in [3.05, 3.63) is 23.0 Å². The lowest BCUT2D eigenvalue weighted by Crippen LogP contribution is -2.49. The Bertz CT molecular complexity index is 490. The van der Waals surface area contributed by atoms with Crippen LogP contribution in [0, 0.1) is 24.7 Å². The summed E-state index contributed by atoms with van der Waals surface area (Å²) < 4.78 is 2.58. The molecular formula is C18H28N2. The van der Waals surface area contributed by atoms with E-state index in [2.05, 4.69) is 24.5 Å². The van der Waals surface area contributed by atoms with Gasteiger partial charge in [-0.2, -0.15) is 0 Å². The average Bonchev–Trinajstić information content (AvgIpc) is 2.74. The number of nitrogens with two attached hydrogens (primary N) is 1. The minimum atomic E-state index is 0.503. The summed E-state index contributed by atoms with van der Waals surface area (Å²) >= 11 is 0. The Morgan fingerprint density at radius 1 is 1.15 bits per heavy atom. The van der Waals surface area contributed by atoms with Crippen molar-refractivity contribution in [1.82, 2.24) is 4.57 Å². The Balaban J connectivity index is 1.80. The summed E-state index contributed by atoms with van der Waals surface area (Å²) in [6, 6.07) is 2.46. The van der Waals surface area contributed by atoms with E-state index >= 15 is 0 Å². The summed E-state index contributed by atoms with van der Waals surface area (Å²) in [5.41, 5.74) is 10.9. The van der Waals surface area contributed by atoms with Gasteiger partial charge in [0.25, 0.3) is 0 Å². The van der Waals surface area contributed by atoms with Gasteiger partial charge in [0.1, 0.15) is 0 Å². The second-order valence-corrected chi connectivity index (χ2v) is 7.79. The number of aromatic nitrogens is 1. The van der Waals surface area contributed by atoms with Crippen LogP contribution >= 0.6 is 0 Å². The van der Waals surface area contributed by atoms with Gasteiger partial charge in [-0.15, -0.1) is 0 Å². The van der Waals surface area contributed by atoms with Gasteiger partial charge in [0.15, 0.2) is 0 Å². The first-order valence-corrected chi connectivity index (χ1v) is 8.54. The van der Waals surface area contributed by atoms with Crippen LogP contribution in [0.15, 0.2) is 6.07 Å². The molecule has 2 N–H and O–H groups in total. The number of nitrogens with zero attached hydrogens (tertiary/aromatic N) is 1. The molecule has 4 fully saturated rings. The van der Waals surface area contributed by atoms with Crippen LogP contribution in [0.5, 0.6) is 0 Å². The number of hydrogen-bond acceptors (Lipinski definition) is 1. The molecule has 2 heteroatoms. The summed E-state index contributed by atoms with van der Waals surface area (Å²) in [4.78, 5) is 0. The minimum Gasteiger partial charge on any atom is -0.348 e. The van der Waals surface area contributed by atoms with Gasteiger partial charge < -0.3 is 10.3 Å². The SMILES string of the molecule is CCn1c(C23CC4CC(CC(C4)C2)C3)cc(CN)c1C. The highest BCUT2D eigenvalue weighted by Gasteiger charge is 2.52. The largest absolute Gasteiger partial charge is 0.348 e. The zero-order valence-corrected chi connectivity index (χ0v) is 13.0. The van der Waals surface area contributed by atoms with E-state index in [-0.39, 0.29) is 0 Å². The predicted octanol–water partition coefficient (Wildman–Crippen LogP) is 3.74. The van der Waals surface area contributed by atoms with Crippen LogP contribution in [0.2, 0.25) is 0 Å². The van der Waals surface area contributed by atoms with Gasteiger partial charge >= 0.3 is 0 Å². The first-order chi connectivity index (χ1) is 9.65. The first kappa shape index (κ1) is 12.9. The van der Waals surface area contributed by atoms with Crippen LogP contribution in [0.25, 0.3) is 0 Å². The van der Waals surface area contributed by atoms with Crippen molar-refractivity contribution >= 4 is 0 Å². The van der Waals surface area contributed by atoms with Crippen LogP contribution in [-0.4, -0.2) is 4.57 Å². The van der Waals surface area contributed by atoms with E-state index in [0.717, 1.165) is 24.3 Å². The summed E-state index contributed by atoms with van der Waals surface area (Å²) in [5.74, 6) is 3.05. The Kier molecular flexibility index (Phi) is 2.82. The Morgan fingerprint density at radius 3 is 2.15 bits per heavy atom. The molecule has 4 bridgehead atoms. The molecule has 4 aliphatic rings. The van der Waals surface area contributed by atoms with E-state index < -0.39 is 0 Å². The maximum Gasteiger partial charge on any atom is 0.0243 e. The van der Waals surface area contributed by atoms with Crippen molar-refractivity contribution in [2.24, 2.45) is 23.5 Å². The highest BCUT2D eigenvalue weighted by molar-refractivity contribution is 5.34. The van der Waals surface area contributed by atoms with Crippen molar-refractivity contribution < 1.29 is 0 Å². The fraction of sp³-hybridized carbons (Fsp3) is 0.778. The molecule has 110 valence electrons. The summed E-state index contributed by atoms with van der Waals surface area (Å²) in [6.45, 7) is 6.34. The van der Waals surface area contributed by atoms with Crippen molar-refractivity contribution in [2.75, 3.05) is 0 Å². The fourth-order valence-electron chi connectivity index (χ4n) is 6.18. The normalized spacial score (nSPS) is 38.6. The standard InChI is InChI=1S/C18H28N2/c1-3-20-12(2)16(11-19)7-17(20)18-8-13-4-14(9-18)6-15(5-13)10-18/h7,13-15H,3-6,8-11,19H2,1-2H3. The molecule has 0 aromatic carbocycles. The molecule has 0 unspecified atom stereocenters. The van der Waals surface area contributed by atoms with E-state index in [1.165, 1.54) is 49.8 Å². The molecule has 0 amide bonds. The molecule has 4 saturated carbocycles. The minimum absolute atomic E-state index is 0.503. The van der Waals surface area contributed by atoms with Crippen molar-refractivity contribution in [1.29, 1.82) is 0 Å². The van der Waals surface area contributed by atoms with Crippen molar-refractivity contribution in [3.63, 3.8) is 0 Å². The zero-order valence-electron chi connectivity index (χ0n) is 13.0. The van der Waals surface area contributed by atoms with Crippen molar-refractivity contribution in [2.45, 2.75) is 70.9 Å². The van der Waals surface area contributed by atoms with E-state index in [0.29, 0.717) is 12.0 Å². The molecule has 4 aliphatic carbocycles. The maximum absolute atomic E-state index is 5.97. The van der Waals surface area contributed by atoms with Crippen LogP contribution in [0.1, 0.15) is 62.4 Å². The number of rotatable bonds is 3. The molecule has 2 nitrogen and oxygen atoms in total. The number of hydrogen-bond donors (Lipinski definition) is 1. The first-order valence-electron chi connectivity index (χ1n) is 8.54. The lowest BCUT2D eigenvalue weighted by atomic mass is 9.49. The van der Waals surface area contributed by atoms with Gasteiger partial charge in [-0.25, -0.2) is 0 Å². The molecule has 5 rings (SSSR count). The van der Waals surface area contributed by atoms with Gasteiger partial charge in [-0.1, -0.05) is 0 Å². The van der Waals surface area contributed by atoms with Crippen LogP contribution in [-0.2, 0) is 18.5 Å². The molecule has 1 aromatic heterocycles. The van der Waals surface area contributed by atoms with Gasteiger partial charge in [0.2, 0.25) is 0 Å². The fourth-order valence-corrected chi connectivity index (χ4v) is 6.18.